The molecule has 0 spiro atoms. The number of nitrogens with one attached hydrogen (secondary N) is 1. The number of rotatable bonds is 5. The summed E-state index contributed by atoms with van der Waals surface area (Å²) in [6, 6.07) is 6.11. The molecule has 0 unspecified atom stereocenters. The quantitative estimate of drug-likeness (QED) is 0.828. The smallest absolute Gasteiger partial charge is 0.133 e. The summed E-state index contributed by atoms with van der Waals surface area (Å²) in [7, 11) is 1.67. The molecule has 1 fully saturated rings. The molecule has 1 aliphatic rings. The van der Waals surface area contributed by atoms with Crippen molar-refractivity contribution in [3.63, 3.8) is 0 Å². The zero-order chi connectivity index (χ0) is 13.7. The van der Waals surface area contributed by atoms with Crippen molar-refractivity contribution in [3.8, 4) is 5.75 Å². The average molecular weight is 349 g/mol. The molecule has 19 heavy (non-hydrogen) atoms. The Balaban J connectivity index is 1.99. The van der Waals surface area contributed by atoms with E-state index < -0.39 is 0 Å². The van der Waals surface area contributed by atoms with Crippen LogP contribution in [0.1, 0.15) is 18.4 Å². The van der Waals surface area contributed by atoms with Gasteiger partial charge in [-0.1, -0.05) is 6.07 Å². The van der Waals surface area contributed by atoms with Crippen LogP contribution in [0.4, 0.5) is 0 Å². The topological polar surface area (TPSA) is 30.5 Å². The molecule has 1 saturated heterocycles. The van der Waals surface area contributed by atoms with E-state index in [1.807, 2.05) is 6.07 Å². The first kappa shape index (κ1) is 15.1. The van der Waals surface area contributed by atoms with Crippen molar-refractivity contribution in [1.82, 2.24) is 5.32 Å². The number of ether oxygens (including phenoxy) is 2. The van der Waals surface area contributed by atoms with Crippen LogP contribution < -0.4 is 10.1 Å². The average Bonchev–Trinajstić information content (AvgIpc) is 2.46. The molecule has 1 N–H and O–H groups in total. The molecular weight excluding hydrogens is 330 g/mol. The Morgan fingerprint density at radius 1 is 1.42 bits per heavy atom. The van der Waals surface area contributed by atoms with Crippen LogP contribution >= 0.6 is 27.5 Å². The summed E-state index contributed by atoms with van der Waals surface area (Å²) in [5.41, 5.74) is 1.22. The first-order valence-corrected chi connectivity index (χ1v) is 7.73. The lowest BCUT2D eigenvalue weighted by Gasteiger charge is -2.36. The highest BCUT2D eigenvalue weighted by Crippen LogP contribution is 2.27. The van der Waals surface area contributed by atoms with E-state index >= 15 is 0 Å². The molecule has 106 valence electrons. The van der Waals surface area contributed by atoms with Crippen molar-refractivity contribution in [3.05, 3.63) is 28.2 Å². The molecule has 1 aromatic carbocycles. The molecule has 0 aliphatic carbocycles. The molecule has 5 heteroatoms. The van der Waals surface area contributed by atoms with E-state index in [2.05, 4.69) is 33.4 Å². The molecule has 3 nitrogen and oxygen atoms in total. The van der Waals surface area contributed by atoms with E-state index in [1.165, 1.54) is 5.56 Å². The summed E-state index contributed by atoms with van der Waals surface area (Å²) in [5, 5.41) is 3.59. The molecule has 0 aromatic heterocycles. The van der Waals surface area contributed by atoms with E-state index in [-0.39, 0.29) is 5.54 Å². The third-order valence-electron chi connectivity index (χ3n) is 3.59. The van der Waals surface area contributed by atoms with Gasteiger partial charge in [-0.05, 0) is 46.5 Å². The molecular formula is C14H19BrClNO2. The van der Waals surface area contributed by atoms with Crippen molar-refractivity contribution in [1.29, 1.82) is 0 Å². The maximum absolute atomic E-state index is 6.13. The number of hydrogen-bond acceptors (Lipinski definition) is 3. The zero-order valence-corrected chi connectivity index (χ0v) is 13.4. The monoisotopic (exact) mass is 347 g/mol. The van der Waals surface area contributed by atoms with Gasteiger partial charge in [-0.3, -0.25) is 0 Å². The predicted octanol–water partition coefficient (Wildman–Crippen LogP) is 3.34. The Bertz CT molecular complexity index is 422. The van der Waals surface area contributed by atoms with Crippen LogP contribution in [0.15, 0.2) is 22.7 Å². The van der Waals surface area contributed by atoms with Crippen LogP contribution in [0, 0.1) is 0 Å². The Morgan fingerprint density at radius 2 is 2.16 bits per heavy atom. The predicted molar refractivity (Wildman–Crippen MR) is 81.0 cm³/mol. The van der Waals surface area contributed by atoms with Gasteiger partial charge >= 0.3 is 0 Å². The number of halogens is 2. The summed E-state index contributed by atoms with van der Waals surface area (Å²) in [6.07, 6.45) is 1.93. The summed E-state index contributed by atoms with van der Waals surface area (Å²) >= 11 is 9.64. The first-order chi connectivity index (χ1) is 9.19. The van der Waals surface area contributed by atoms with Crippen LogP contribution in [-0.2, 0) is 11.3 Å². The minimum Gasteiger partial charge on any atom is -0.496 e. The van der Waals surface area contributed by atoms with Crippen LogP contribution in [0.2, 0.25) is 0 Å². The molecule has 0 amide bonds. The van der Waals surface area contributed by atoms with Gasteiger partial charge in [0.1, 0.15) is 5.75 Å². The zero-order valence-electron chi connectivity index (χ0n) is 11.0. The maximum Gasteiger partial charge on any atom is 0.133 e. The lowest BCUT2D eigenvalue weighted by molar-refractivity contribution is 0.0459. The Labute approximate surface area is 127 Å². The number of hydrogen-bond donors (Lipinski definition) is 1. The fourth-order valence-corrected chi connectivity index (χ4v) is 3.18. The second-order valence-electron chi connectivity index (χ2n) is 4.85. The highest BCUT2D eigenvalue weighted by Gasteiger charge is 2.30. The second-order valence-corrected chi connectivity index (χ2v) is 5.97. The van der Waals surface area contributed by atoms with Gasteiger partial charge in [-0.15, -0.1) is 11.6 Å². The fraction of sp³-hybridized carbons (Fsp3) is 0.571. The lowest BCUT2D eigenvalue weighted by atomic mass is 9.92. The third kappa shape index (κ3) is 3.85. The van der Waals surface area contributed by atoms with Crippen LogP contribution in [-0.4, -0.2) is 31.7 Å². The van der Waals surface area contributed by atoms with Gasteiger partial charge in [-0.25, -0.2) is 0 Å². The van der Waals surface area contributed by atoms with E-state index in [1.54, 1.807) is 7.11 Å². The van der Waals surface area contributed by atoms with E-state index in [9.17, 15) is 0 Å². The highest BCUT2D eigenvalue weighted by molar-refractivity contribution is 9.10. The summed E-state index contributed by atoms with van der Waals surface area (Å²) in [5.74, 6) is 1.47. The van der Waals surface area contributed by atoms with Crippen molar-refractivity contribution < 1.29 is 9.47 Å². The van der Waals surface area contributed by atoms with Crippen molar-refractivity contribution in [2.45, 2.75) is 24.9 Å². The van der Waals surface area contributed by atoms with Gasteiger partial charge < -0.3 is 14.8 Å². The molecule has 0 radical (unpaired) electrons. The Kier molecular flexibility index (Phi) is 5.51. The number of alkyl halides is 1. The number of benzene rings is 1. The summed E-state index contributed by atoms with van der Waals surface area (Å²) in [6.45, 7) is 2.37. The fourth-order valence-electron chi connectivity index (χ4n) is 2.23. The van der Waals surface area contributed by atoms with E-state index in [4.69, 9.17) is 21.1 Å². The Hall–Kier alpha value is -0.290. The van der Waals surface area contributed by atoms with Gasteiger partial charge in [-0.2, -0.15) is 0 Å². The molecule has 1 aromatic rings. The highest BCUT2D eigenvalue weighted by atomic mass is 79.9. The Morgan fingerprint density at radius 3 is 2.74 bits per heavy atom. The molecule has 2 rings (SSSR count). The second kappa shape index (κ2) is 6.93. The molecule has 1 aliphatic heterocycles. The molecule has 0 atom stereocenters. The minimum atomic E-state index is 0.00616. The third-order valence-corrected chi connectivity index (χ3v) is 4.72. The molecule has 1 heterocycles. The first-order valence-electron chi connectivity index (χ1n) is 6.40. The van der Waals surface area contributed by atoms with Gasteiger partial charge in [0.15, 0.2) is 0 Å². The van der Waals surface area contributed by atoms with Gasteiger partial charge in [0.25, 0.3) is 0 Å². The lowest BCUT2D eigenvalue weighted by Crippen LogP contribution is -2.50. The number of methoxy groups -OCH3 is 1. The van der Waals surface area contributed by atoms with Crippen LogP contribution in [0.3, 0.4) is 0 Å². The van der Waals surface area contributed by atoms with E-state index in [0.717, 1.165) is 42.8 Å². The molecule has 0 bridgehead atoms. The van der Waals surface area contributed by atoms with Crippen molar-refractivity contribution in [2.24, 2.45) is 0 Å². The minimum absolute atomic E-state index is 0.00616. The van der Waals surface area contributed by atoms with Gasteiger partial charge in [0.05, 0.1) is 11.6 Å². The van der Waals surface area contributed by atoms with Crippen LogP contribution in [0.5, 0.6) is 5.75 Å². The van der Waals surface area contributed by atoms with Crippen LogP contribution in [0.25, 0.3) is 0 Å². The largest absolute Gasteiger partial charge is 0.496 e. The summed E-state index contributed by atoms with van der Waals surface area (Å²) < 4.78 is 11.6. The standard InChI is InChI=1S/C14H19BrClNO2/c1-18-13-3-2-11(8-12(13)15)9-17-14(10-16)4-6-19-7-5-14/h2-3,8,17H,4-7,9-10H2,1H3. The van der Waals surface area contributed by atoms with Crippen molar-refractivity contribution in [2.75, 3.05) is 26.2 Å². The van der Waals surface area contributed by atoms with Gasteiger partial charge in [0, 0.05) is 31.2 Å². The summed E-state index contributed by atoms with van der Waals surface area (Å²) in [4.78, 5) is 0. The SMILES string of the molecule is COc1ccc(CNC2(CCl)CCOCC2)cc1Br. The van der Waals surface area contributed by atoms with Gasteiger partial charge in [0.2, 0.25) is 0 Å². The van der Waals surface area contributed by atoms with Crippen molar-refractivity contribution >= 4 is 27.5 Å². The molecule has 0 saturated carbocycles. The van der Waals surface area contributed by atoms with E-state index in [0.29, 0.717) is 5.88 Å². The maximum atomic E-state index is 6.13. The normalized spacial score (nSPS) is 18.3.